The molecule has 1 unspecified atom stereocenters. The number of carbonyl (C=O) groups is 3. The molecule has 0 aromatic rings. The van der Waals surface area contributed by atoms with Gasteiger partial charge in [0.1, 0.15) is 13.2 Å². The molecule has 0 bridgehead atoms. The Labute approximate surface area is 443 Å². The maximum atomic E-state index is 12.9. The lowest BCUT2D eigenvalue weighted by Crippen LogP contribution is -2.30. The molecule has 0 spiro atoms. The van der Waals surface area contributed by atoms with Crippen LogP contribution in [0.2, 0.25) is 0 Å². The van der Waals surface area contributed by atoms with E-state index in [1.807, 2.05) is 0 Å². The second kappa shape index (κ2) is 60.4. The average Bonchev–Trinajstić information content (AvgIpc) is 3.37. The van der Waals surface area contributed by atoms with Gasteiger partial charge >= 0.3 is 17.9 Å². The number of hydrogen-bond acceptors (Lipinski definition) is 6. The van der Waals surface area contributed by atoms with Crippen molar-refractivity contribution in [3.8, 4) is 0 Å². The smallest absolute Gasteiger partial charge is 0.306 e. The van der Waals surface area contributed by atoms with Crippen molar-refractivity contribution in [1.29, 1.82) is 0 Å². The molecule has 0 aliphatic heterocycles. The van der Waals surface area contributed by atoms with Crippen molar-refractivity contribution in [3.63, 3.8) is 0 Å². The third kappa shape index (κ3) is 58.7. The van der Waals surface area contributed by atoms with Crippen LogP contribution in [0.5, 0.6) is 0 Å². The molecule has 0 saturated heterocycles. The molecule has 0 heterocycles. The fraction of sp³-hybridized carbons (Fsp3) is 0.892. The van der Waals surface area contributed by atoms with Crippen LogP contribution in [0.15, 0.2) is 24.3 Å². The van der Waals surface area contributed by atoms with Crippen molar-refractivity contribution >= 4 is 17.9 Å². The fourth-order valence-electron chi connectivity index (χ4n) is 9.65. The molecule has 71 heavy (non-hydrogen) atoms. The molecule has 0 rings (SSSR count). The normalized spacial score (nSPS) is 12.1. The van der Waals surface area contributed by atoms with Crippen LogP contribution in [0.3, 0.4) is 0 Å². The zero-order valence-corrected chi connectivity index (χ0v) is 48.0. The summed E-state index contributed by atoms with van der Waals surface area (Å²) < 4.78 is 16.9. The van der Waals surface area contributed by atoms with E-state index in [0.29, 0.717) is 19.3 Å². The van der Waals surface area contributed by atoms with E-state index in [9.17, 15) is 14.4 Å². The lowest BCUT2D eigenvalue weighted by atomic mass is 10.0. The Hall–Kier alpha value is -2.11. The molecule has 0 aromatic carbocycles. The predicted molar refractivity (Wildman–Crippen MR) is 307 cm³/mol. The highest BCUT2D eigenvalue weighted by atomic mass is 16.6. The number of unbranched alkanes of at least 4 members (excludes halogenated alkanes) is 44. The van der Waals surface area contributed by atoms with Crippen molar-refractivity contribution in [3.05, 3.63) is 24.3 Å². The Bertz CT molecular complexity index is 1150. The topological polar surface area (TPSA) is 78.9 Å². The fourth-order valence-corrected chi connectivity index (χ4v) is 9.65. The summed E-state index contributed by atoms with van der Waals surface area (Å²) in [6, 6.07) is 0. The second-order valence-electron chi connectivity index (χ2n) is 21.7. The monoisotopic (exact) mass is 999 g/mol. The number of carbonyl (C=O) groups excluding carboxylic acids is 3. The minimum absolute atomic E-state index is 0.0712. The molecular weight excluding hydrogens is 877 g/mol. The molecule has 6 heteroatoms. The average molecular weight is 1000 g/mol. The molecule has 0 fully saturated rings. The van der Waals surface area contributed by atoms with Crippen LogP contribution in [0.4, 0.5) is 0 Å². The minimum atomic E-state index is -0.774. The van der Waals surface area contributed by atoms with Crippen LogP contribution >= 0.6 is 0 Å². The van der Waals surface area contributed by atoms with Gasteiger partial charge in [0.05, 0.1) is 0 Å². The molecule has 1 atom stereocenters. The van der Waals surface area contributed by atoms with Gasteiger partial charge in [0.15, 0.2) is 6.10 Å². The highest BCUT2D eigenvalue weighted by molar-refractivity contribution is 5.71. The second-order valence-corrected chi connectivity index (χ2v) is 21.7. The quantitative estimate of drug-likeness (QED) is 0.0261. The summed E-state index contributed by atoms with van der Waals surface area (Å²) in [7, 11) is 0. The summed E-state index contributed by atoms with van der Waals surface area (Å²) in [5, 5.41) is 0. The highest BCUT2D eigenvalue weighted by Gasteiger charge is 2.19. The summed E-state index contributed by atoms with van der Waals surface area (Å²) in [5.41, 5.74) is 0. The van der Waals surface area contributed by atoms with Gasteiger partial charge in [0, 0.05) is 19.3 Å². The molecule has 418 valence electrons. The number of hydrogen-bond donors (Lipinski definition) is 0. The molecule has 0 radical (unpaired) electrons. The van der Waals surface area contributed by atoms with Crippen LogP contribution < -0.4 is 0 Å². The van der Waals surface area contributed by atoms with Crippen molar-refractivity contribution in [2.45, 2.75) is 361 Å². The lowest BCUT2D eigenvalue weighted by Gasteiger charge is -2.18. The molecule has 0 saturated carbocycles. The van der Waals surface area contributed by atoms with Gasteiger partial charge in [-0.2, -0.15) is 0 Å². The summed E-state index contributed by atoms with van der Waals surface area (Å²) in [4.78, 5) is 38.2. The third-order valence-corrected chi connectivity index (χ3v) is 14.5. The molecule has 6 nitrogen and oxygen atoms in total. The summed E-state index contributed by atoms with van der Waals surface area (Å²) >= 11 is 0. The van der Waals surface area contributed by atoms with Gasteiger partial charge in [0.2, 0.25) is 0 Å². The standard InChI is InChI=1S/C65H122O6/c1-4-7-10-13-16-19-22-25-27-29-30-31-32-33-34-35-36-38-40-43-46-49-52-55-58-64(67)70-61-62(60-69-63(66)57-54-51-48-45-42-39-24-21-18-15-12-9-6-3)71-65(68)59-56-53-50-47-44-41-37-28-26-23-20-17-14-11-8-5-2/h20,23,28,37,62H,4-19,21-22,24-27,29-36,38-61H2,1-3H3/b23-20-,37-28-. The van der Waals surface area contributed by atoms with Crippen molar-refractivity contribution in [2.24, 2.45) is 0 Å². The highest BCUT2D eigenvalue weighted by Crippen LogP contribution is 2.18. The maximum absolute atomic E-state index is 12.9. The van der Waals surface area contributed by atoms with Crippen LogP contribution in [0.1, 0.15) is 355 Å². The number of ether oxygens (including phenoxy) is 3. The first-order valence-corrected chi connectivity index (χ1v) is 31.8. The lowest BCUT2D eigenvalue weighted by molar-refractivity contribution is -0.167. The Kier molecular flexibility index (Phi) is 58.6. The van der Waals surface area contributed by atoms with Crippen molar-refractivity contribution in [2.75, 3.05) is 13.2 Å². The van der Waals surface area contributed by atoms with Gasteiger partial charge in [-0.15, -0.1) is 0 Å². The van der Waals surface area contributed by atoms with Gasteiger partial charge in [-0.1, -0.05) is 308 Å². The predicted octanol–water partition coefficient (Wildman–Crippen LogP) is 21.4. The number of allylic oxidation sites excluding steroid dienone is 4. The molecule has 0 aromatic heterocycles. The van der Waals surface area contributed by atoms with E-state index < -0.39 is 6.10 Å². The van der Waals surface area contributed by atoms with E-state index in [4.69, 9.17) is 14.2 Å². The summed E-state index contributed by atoms with van der Waals surface area (Å²) in [6.07, 6.45) is 71.9. The van der Waals surface area contributed by atoms with Gasteiger partial charge in [-0.25, -0.2) is 0 Å². The van der Waals surface area contributed by atoms with E-state index in [2.05, 4.69) is 45.1 Å². The van der Waals surface area contributed by atoms with E-state index >= 15 is 0 Å². The first-order valence-electron chi connectivity index (χ1n) is 31.8. The van der Waals surface area contributed by atoms with E-state index in [-0.39, 0.29) is 31.1 Å². The van der Waals surface area contributed by atoms with Crippen LogP contribution in [-0.2, 0) is 28.6 Å². The molecule has 0 aliphatic rings. The van der Waals surface area contributed by atoms with Crippen molar-refractivity contribution < 1.29 is 28.6 Å². The first kappa shape index (κ1) is 68.9. The van der Waals surface area contributed by atoms with Gasteiger partial charge in [-0.3, -0.25) is 14.4 Å². The van der Waals surface area contributed by atoms with E-state index in [0.717, 1.165) is 77.0 Å². The SMILES string of the molecule is CCCCCC/C=C\C/C=C\CCCCCCCC(=O)OC(COC(=O)CCCCCCCCCCCCCCC)COC(=O)CCCCCCCCCCCCCCCCCCCCCCCCCC. The molecule has 0 amide bonds. The Morgan fingerprint density at radius 3 is 0.789 bits per heavy atom. The third-order valence-electron chi connectivity index (χ3n) is 14.5. The van der Waals surface area contributed by atoms with Gasteiger partial charge in [0.25, 0.3) is 0 Å². The minimum Gasteiger partial charge on any atom is -0.462 e. The first-order chi connectivity index (χ1) is 35.0. The zero-order valence-electron chi connectivity index (χ0n) is 48.0. The van der Waals surface area contributed by atoms with Gasteiger partial charge in [-0.05, 0) is 51.4 Å². The van der Waals surface area contributed by atoms with E-state index in [1.54, 1.807) is 0 Å². The molecular formula is C65H122O6. The van der Waals surface area contributed by atoms with Crippen molar-refractivity contribution in [1.82, 2.24) is 0 Å². The Morgan fingerprint density at radius 2 is 0.507 bits per heavy atom. The van der Waals surface area contributed by atoms with Crippen LogP contribution in [0, 0.1) is 0 Å². The van der Waals surface area contributed by atoms with Crippen LogP contribution in [-0.4, -0.2) is 37.2 Å². The number of rotatable bonds is 59. The Morgan fingerprint density at radius 1 is 0.282 bits per heavy atom. The molecule has 0 N–H and O–H groups in total. The number of esters is 3. The molecule has 0 aliphatic carbocycles. The summed E-state index contributed by atoms with van der Waals surface area (Å²) in [5.74, 6) is -0.859. The zero-order chi connectivity index (χ0) is 51.4. The van der Waals surface area contributed by atoms with Crippen LogP contribution in [0.25, 0.3) is 0 Å². The van der Waals surface area contributed by atoms with Gasteiger partial charge < -0.3 is 14.2 Å². The largest absolute Gasteiger partial charge is 0.462 e. The maximum Gasteiger partial charge on any atom is 0.306 e. The Balaban J connectivity index is 4.24. The van der Waals surface area contributed by atoms with E-state index in [1.165, 1.54) is 238 Å². The summed E-state index contributed by atoms with van der Waals surface area (Å²) in [6.45, 7) is 6.67.